The molecule has 4 nitrogen and oxygen atoms in total. The van der Waals surface area contributed by atoms with Crippen LogP contribution in [0.1, 0.15) is 41.4 Å². The topological polar surface area (TPSA) is 45.2 Å². The van der Waals surface area contributed by atoms with E-state index in [1.54, 1.807) is 0 Å². The van der Waals surface area contributed by atoms with Gasteiger partial charge in [0.05, 0.1) is 11.9 Å². The Labute approximate surface area is 143 Å². The molecule has 0 saturated carbocycles. The largest absolute Gasteiger partial charge is 0.370 e. The van der Waals surface area contributed by atoms with E-state index in [1.807, 2.05) is 50.4 Å². The normalized spacial score (nSPS) is 15.4. The Kier molecular flexibility index (Phi) is 4.84. The summed E-state index contributed by atoms with van der Waals surface area (Å²) in [6.45, 7) is 8.49. The quantitative estimate of drug-likeness (QED) is 0.921. The van der Waals surface area contributed by atoms with Gasteiger partial charge in [-0.3, -0.25) is 4.79 Å². The first-order valence-corrected chi connectivity index (χ1v) is 8.63. The fraction of sp³-hybridized carbons (Fsp3) is 0.400. The van der Waals surface area contributed by atoms with E-state index in [2.05, 4.69) is 22.1 Å². The summed E-state index contributed by atoms with van der Waals surface area (Å²) < 4.78 is 0. The van der Waals surface area contributed by atoms with Crippen LogP contribution in [0.5, 0.6) is 0 Å². The van der Waals surface area contributed by atoms with Crippen molar-refractivity contribution in [2.24, 2.45) is 5.92 Å². The van der Waals surface area contributed by atoms with E-state index >= 15 is 0 Å². The molecule has 3 rings (SSSR count). The molecular weight excluding hydrogens is 298 g/mol. The zero-order chi connectivity index (χ0) is 17.1. The maximum Gasteiger partial charge on any atom is 0.274 e. The molecule has 1 aromatic heterocycles. The molecule has 0 bridgehead atoms. The second-order valence-electron chi connectivity index (χ2n) is 6.77. The highest BCUT2D eigenvalue weighted by Crippen LogP contribution is 2.23. The molecule has 2 aromatic rings. The van der Waals surface area contributed by atoms with Crippen LogP contribution in [0.3, 0.4) is 0 Å². The van der Waals surface area contributed by atoms with Gasteiger partial charge in [-0.1, -0.05) is 19.1 Å². The van der Waals surface area contributed by atoms with Crippen LogP contribution in [0.4, 0.5) is 11.4 Å². The van der Waals surface area contributed by atoms with Crippen LogP contribution in [0.2, 0.25) is 0 Å². The third-order valence-corrected chi connectivity index (χ3v) is 4.98. The van der Waals surface area contributed by atoms with Crippen molar-refractivity contribution in [3.63, 3.8) is 0 Å². The third-order valence-electron chi connectivity index (χ3n) is 4.98. The Morgan fingerprint density at radius 1 is 1.17 bits per heavy atom. The highest BCUT2D eigenvalue weighted by Gasteiger charge is 2.17. The molecule has 0 atom stereocenters. The molecule has 0 radical (unpaired) electrons. The van der Waals surface area contributed by atoms with Crippen molar-refractivity contribution in [3.8, 4) is 0 Å². The summed E-state index contributed by atoms with van der Waals surface area (Å²) in [5.41, 5.74) is 4.64. The lowest BCUT2D eigenvalue weighted by molar-refractivity contribution is 0.102. The van der Waals surface area contributed by atoms with Gasteiger partial charge in [0.1, 0.15) is 5.69 Å². The second kappa shape index (κ2) is 7.04. The van der Waals surface area contributed by atoms with Gasteiger partial charge in [0.2, 0.25) is 0 Å². The van der Waals surface area contributed by atoms with Gasteiger partial charge in [-0.25, -0.2) is 4.98 Å². The number of amides is 1. The number of benzene rings is 1. The smallest absolute Gasteiger partial charge is 0.274 e. The number of nitrogens with zero attached hydrogens (tertiary/aromatic N) is 2. The van der Waals surface area contributed by atoms with E-state index in [0.29, 0.717) is 5.69 Å². The van der Waals surface area contributed by atoms with Crippen LogP contribution >= 0.6 is 0 Å². The summed E-state index contributed by atoms with van der Waals surface area (Å²) in [5.74, 6) is 0.638. The monoisotopic (exact) mass is 323 g/mol. The van der Waals surface area contributed by atoms with Gasteiger partial charge in [0.25, 0.3) is 5.91 Å². The van der Waals surface area contributed by atoms with Crippen LogP contribution in [0.15, 0.2) is 36.5 Å². The molecule has 0 unspecified atom stereocenters. The number of aromatic nitrogens is 1. The number of anilines is 2. The molecule has 1 fully saturated rings. The molecule has 2 heterocycles. The lowest BCUT2D eigenvalue weighted by Gasteiger charge is -2.31. The van der Waals surface area contributed by atoms with Crippen molar-refractivity contribution in [2.75, 3.05) is 23.3 Å². The van der Waals surface area contributed by atoms with E-state index < -0.39 is 0 Å². The van der Waals surface area contributed by atoms with E-state index in [-0.39, 0.29) is 5.91 Å². The number of carbonyl (C=O) groups excluding carboxylic acids is 1. The molecule has 0 spiro atoms. The fourth-order valence-electron chi connectivity index (χ4n) is 3.05. The molecule has 1 saturated heterocycles. The zero-order valence-electron chi connectivity index (χ0n) is 14.7. The van der Waals surface area contributed by atoms with Crippen molar-refractivity contribution in [3.05, 3.63) is 53.3 Å². The first-order valence-electron chi connectivity index (χ1n) is 8.63. The molecule has 1 aliphatic heterocycles. The van der Waals surface area contributed by atoms with Gasteiger partial charge in [-0.05, 0) is 61.9 Å². The molecule has 4 heteroatoms. The second-order valence-corrected chi connectivity index (χ2v) is 6.77. The summed E-state index contributed by atoms with van der Waals surface area (Å²) in [5, 5.41) is 2.96. The molecule has 1 aromatic carbocycles. The Bertz CT molecular complexity index is 716. The SMILES string of the molecule is Cc1cccc(NC(=O)c2ccc(N3CCC(C)CC3)cn2)c1C. The van der Waals surface area contributed by atoms with Crippen molar-refractivity contribution >= 4 is 17.3 Å². The summed E-state index contributed by atoms with van der Waals surface area (Å²) in [6.07, 6.45) is 4.25. The Morgan fingerprint density at radius 3 is 2.58 bits per heavy atom. The Hall–Kier alpha value is -2.36. The molecule has 24 heavy (non-hydrogen) atoms. The van der Waals surface area contributed by atoms with Gasteiger partial charge in [0, 0.05) is 18.8 Å². The summed E-state index contributed by atoms with van der Waals surface area (Å²) in [4.78, 5) is 19.1. The van der Waals surface area contributed by atoms with Crippen molar-refractivity contribution < 1.29 is 4.79 Å². The number of carbonyl (C=O) groups is 1. The number of nitrogens with one attached hydrogen (secondary N) is 1. The molecular formula is C20H25N3O. The number of piperidine rings is 1. The summed E-state index contributed by atoms with van der Waals surface area (Å²) >= 11 is 0. The molecule has 1 aliphatic rings. The fourth-order valence-corrected chi connectivity index (χ4v) is 3.05. The van der Waals surface area contributed by atoms with Gasteiger partial charge in [0.15, 0.2) is 0 Å². The number of aryl methyl sites for hydroxylation is 1. The first-order chi connectivity index (χ1) is 11.5. The van der Waals surface area contributed by atoms with Crippen molar-refractivity contribution in [2.45, 2.75) is 33.6 Å². The molecule has 1 amide bonds. The number of pyridine rings is 1. The highest BCUT2D eigenvalue weighted by atomic mass is 16.1. The van der Waals surface area contributed by atoms with Gasteiger partial charge in [-0.15, -0.1) is 0 Å². The van der Waals surface area contributed by atoms with Gasteiger partial charge < -0.3 is 10.2 Å². The molecule has 1 N–H and O–H groups in total. The van der Waals surface area contributed by atoms with Crippen molar-refractivity contribution in [1.29, 1.82) is 0 Å². The van der Waals surface area contributed by atoms with Crippen LogP contribution in [-0.4, -0.2) is 24.0 Å². The Morgan fingerprint density at radius 2 is 1.92 bits per heavy atom. The minimum atomic E-state index is -0.164. The predicted molar refractivity (Wildman–Crippen MR) is 98.7 cm³/mol. The highest BCUT2D eigenvalue weighted by molar-refractivity contribution is 6.03. The van der Waals surface area contributed by atoms with E-state index in [1.165, 1.54) is 12.8 Å². The zero-order valence-corrected chi connectivity index (χ0v) is 14.7. The van der Waals surface area contributed by atoms with Gasteiger partial charge in [-0.2, -0.15) is 0 Å². The lowest BCUT2D eigenvalue weighted by atomic mass is 9.99. The van der Waals surface area contributed by atoms with Crippen LogP contribution in [0, 0.1) is 19.8 Å². The number of hydrogen-bond acceptors (Lipinski definition) is 3. The van der Waals surface area contributed by atoms with Crippen LogP contribution < -0.4 is 10.2 Å². The standard InChI is InChI=1S/C20H25N3O/c1-14-9-11-23(12-10-14)17-7-8-19(21-13-17)20(24)22-18-6-4-5-15(2)16(18)3/h4-8,13-14H,9-12H2,1-3H3,(H,22,24). The maximum atomic E-state index is 12.4. The minimum Gasteiger partial charge on any atom is -0.370 e. The number of hydrogen-bond donors (Lipinski definition) is 1. The predicted octanol–water partition coefficient (Wildman–Crippen LogP) is 4.19. The average Bonchev–Trinajstić information content (AvgIpc) is 2.60. The molecule has 0 aliphatic carbocycles. The summed E-state index contributed by atoms with van der Waals surface area (Å²) in [6, 6.07) is 9.72. The van der Waals surface area contributed by atoms with Crippen LogP contribution in [-0.2, 0) is 0 Å². The third kappa shape index (κ3) is 3.58. The first kappa shape index (κ1) is 16.5. The summed E-state index contributed by atoms with van der Waals surface area (Å²) in [7, 11) is 0. The number of rotatable bonds is 3. The Balaban J connectivity index is 1.69. The van der Waals surface area contributed by atoms with Crippen LogP contribution in [0.25, 0.3) is 0 Å². The maximum absolute atomic E-state index is 12.4. The van der Waals surface area contributed by atoms with E-state index in [0.717, 1.165) is 41.5 Å². The van der Waals surface area contributed by atoms with E-state index in [4.69, 9.17) is 0 Å². The van der Waals surface area contributed by atoms with Gasteiger partial charge >= 0.3 is 0 Å². The average molecular weight is 323 g/mol. The molecule has 126 valence electrons. The van der Waals surface area contributed by atoms with Crippen molar-refractivity contribution in [1.82, 2.24) is 4.98 Å². The van der Waals surface area contributed by atoms with E-state index in [9.17, 15) is 4.79 Å². The minimum absolute atomic E-state index is 0.164. The lowest BCUT2D eigenvalue weighted by Crippen LogP contribution is -2.32.